The Balaban J connectivity index is 1.87. The molecule has 1 aliphatic rings. The van der Waals surface area contributed by atoms with E-state index in [9.17, 15) is 28.9 Å². The summed E-state index contributed by atoms with van der Waals surface area (Å²) in [6.45, 7) is 2.07. The summed E-state index contributed by atoms with van der Waals surface area (Å²) in [5, 5.41) is 20.7. The highest BCUT2D eigenvalue weighted by Crippen LogP contribution is 2.40. The third kappa shape index (κ3) is 9.27. The molecule has 0 aliphatic heterocycles. The molecule has 0 aromatic heterocycles. The minimum atomic E-state index is -2.99. The first kappa shape index (κ1) is 28.2. The van der Waals surface area contributed by atoms with E-state index < -0.39 is 25.4 Å². The Morgan fingerprint density at radius 1 is 1.36 bits per heavy atom. The normalized spacial score (nSPS) is 23.8. The number of benzene rings is 1. The number of halogens is 1. The van der Waals surface area contributed by atoms with Crippen LogP contribution in [0.2, 0.25) is 0 Å². The average molecular weight is 503 g/mol. The van der Waals surface area contributed by atoms with Gasteiger partial charge in [-0.2, -0.15) is 11.8 Å². The lowest BCUT2D eigenvalue weighted by Gasteiger charge is -2.18. The summed E-state index contributed by atoms with van der Waals surface area (Å²) in [4.78, 5) is 22.0. The van der Waals surface area contributed by atoms with Crippen molar-refractivity contribution in [3.05, 3.63) is 47.3 Å². The molecule has 0 amide bonds. The van der Waals surface area contributed by atoms with E-state index in [-0.39, 0.29) is 36.6 Å². The Labute approximate surface area is 200 Å². The number of thioether (sulfide) groups is 1. The lowest BCUT2D eigenvalue weighted by Crippen LogP contribution is -2.20. The molecule has 2 rings (SSSR count). The fourth-order valence-corrected chi connectivity index (χ4v) is 6.60. The second-order valence-electron chi connectivity index (χ2n) is 8.58. The van der Waals surface area contributed by atoms with E-state index in [1.54, 1.807) is 50.1 Å². The molecule has 0 bridgehead atoms. The summed E-state index contributed by atoms with van der Waals surface area (Å²) >= 11 is 1.60. The van der Waals surface area contributed by atoms with Crippen molar-refractivity contribution in [1.82, 2.24) is 0 Å². The molecule has 6 nitrogen and oxygen atoms in total. The molecule has 0 radical (unpaired) electrons. The molecular formula is C24H36FO6PS. The highest BCUT2D eigenvalue weighted by molar-refractivity contribution is 7.99. The van der Waals surface area contributed by atoms with Crippen molar-refractivity contribution in [1.29, 1.82) is 0 Å². The van der Waals surface area contributed by atoms with Crippen LogP contribution in [0.3, 0.4) is 0 Å². The second kappa shape index (κ2) is 13.8. The van der Waals surface area contributed by atoms with E-state index >= 15 is 0 Å². The number of hydrogen-bond acceptors (Lipinski definition) is 6. The maximum atomic E-state index is 14.1. The number of hydrogen-bond donors (Lipinski definition) is 3. The molecule has 9 heteroatoms. The first-order chi connectivity index (χ1) is 15.7. The zero-order valence-corrected chi connectivity index (χ0v) is 21.1. The van der Waals surface area contributed by atoms with Gasteiger partial charge in [-0.1, -0.05) is 31.2 Å². The van der Waals surface area contributed by atoms with Crippen molar-refractivity contribution in [3.8, 4) is 0 Å². The minimum Gasteiger partial charge on any atom is -0.392 e. The average Bonchev–Trinajstić information content (AvgIpc) is 3.03. The third-order valence-electron chi connectivity index (χ3n) is 6.02. The van der Waals surface area contributed by atoms with Gasteiger partial charge in [0.2, 0.25) is 7.37 Å². The fraction of sp³-hybridized carbons (Fsp3) is 0.625. The van der Waals surface area contributed by atoms with E-state index in [1.807, 2.05) is 0 Å². The Morgan fingerprint density at radius 3 is 2.82 bits per heavy atom. The Bertz CT molecular complexity index is 848. The van der Waals surface area contributed by atoms with Crippen LogP contribution in [0, 0.1) is 17.7 Å². The quantitative estimate of drug-likeness (QED) is 0.202. The molecule has 1 aromatic rings. The number of ether oxygens (including phenoxy) is 1. The van der Waals surface area contributed by atoms with E-state index in [1.165, 1.54) is 6.07 Å². The van der Waals surface area contributed by atoms with Crippen LogP contribution < -0.4 is 0 Å². The molecule has 0 spiro atoms. The molecule has 1 fully saturated rings. The zero-order chi connectivity index (χ0) is 24.4. The van der Waals surface area contributed by atoms with E-state index in [4.69, 9.17) is 4.74 Å². The maximum Gasteiger partial charge on any atom is 0.201 e. The van der Waals surface area contributed by atoms with Gasteiger partial charge in [-0.05, 0) is 35.8 Å². The van der Waals surface area contributed by atoms with Crippen molar-refractivity contribution < 1.29 is 33.6 Å². The van der Waals surface area contributed by atoms with Crippen molar-refractivity contribution in [2.45, 2.75) is 51.4 Å². The number of Topliss-reactive ketones (excluding diaryl/α,β-unsaturated/α-hetero) is 1. The first-order valence-electron chi connectivity index (χ1n) is 11.4. The fourth-order valence-electron chi connectivity index (χ4n) is 4.06. The van der Waals surface area contributed by atoms with Gasteiger partial charge >= 0.3 is 0 Å². The van der Waals surface area contributed by atoms with E-state index in [2.05, 4.69) is 0 Å². The molecule has 1 aliphatic carbocycles. The summed E-state index contributed by atoms with van der Waals surface area (Å²) < 4.78 is 30.8. The molecule has 3 N–H and O–H groups in total. The standard InChI is InChI=1S/C24H36FO6PS/c1-3-32(29,30)10-12-33-11-4-5-20-21(24(28)15-23(20)27)8-7-19(26)14-18-13-17(16-31-2)6-9-22(18)25/h6-9,13,19-21,24,26,28H,3-5,10-12,14-16H2,1-2H3,(H,29,30)/b8-7+/t19-,20-,21-,24?/m1/s1. The number of methoxy groups -OCH3 is 1. The summed E-state index contributed by atoms with van der Waals surface area (Å²) in [6.07, 6.45) is 3.66. The van der Waals surface area contributed by atoms with Gasteiger partial charge in [-0.25, -0.2) is 4.39 Å². The molecule has 1 saturated carbocycles. The van der Waals surface area contributed by atoms with Gasteiger partial charge in [0.05, 0.1) is 18.8 Å². The predicted molar refractivity (Wildman–Crippen MR) is 130 cm³/mol. The van der Waals surface area contributed by atoms with Gasteiger partial charge < -0.3 is 19.8 Å². The summed E-state index contributed by atoms with van der Waals surface area (Å²) in [5.41, 5.74) is 1.20. The molecule has 0 heterocycles. The predicted octanol–water partition coefficient (Wildman–Crippen LogP) is 3.80. The van der Waals surface area contributed by atoms with Crippen molar-refractivity contribution in [2.75, 3.05) is 30.9 Å². The van der Waals surface area contributed by atoms with E-state index in [0.717, 1.165) is 17.7 Å². The number of aliphatic hydroxyl groups is 2. The molecule has 5 atom stereocenters. The number of carbonyl (C=O) groups is 1. The van der Waals surface area contributed by atoms with Crippen LogP contribution in [0.1, 0.15) is 37.3 Å². The van der Waals surface area contributed by atoms with Crippen LogP contribution >= 0.6 is 19.1 Å². The van der Waals surface area contributed by atoms with Gasteiger partial charge in [0.25, 0.3) is 0 Å². The van der Waals surface area contributed by atoms with Gasteiger partial charge in [-0.3, -0.25) is 9.36 Å². The van der Waals surface area contributed by atoms with Crippen LogP contribution in [0.15, 0.2) is 30.4 Å². The lowest BCUT2D eigenvalue weighted by atomic mass is 9.89. The van der Waals surface area contributed by atoms with Crippen molar-refractivity contribution in [2.24, 2.45) is 11.8 Å². The highest BCUT2D eigenvalue weighted by atomic mass is 32.2. The topological polar surface area (TPSA) is 104 Å². The minimum absolute atomic E-state index is 0.0146. The summed E-state index contributed by atoms with van der Waals surface area (Å²) in [6, 6.07) is 4.66. The van der Waals surface area contributed by atoms with Crippen molar-refractivity contribution >= 4 is 24.9 Å². The van der Waals surface area contributed by atoms with E-state index in [0.29, 0.717) is 30.5 Å². The van der Waals surface area contributed by atoms with Gasteiger partial charge in [0.15, 0.2) is 0 Å². The monoisotopic (exact) mass is 502 g/mol. The van der Waals surface area contributed by atoms with Crippen LogP contribution in [-0.4, -0.2) is 64.0 Å². The van der Waals surface area contributed by atoms with Crippen LogP contribution in [0.4, 0.5) is 4.39 Å². The Morgan fingerprint density at radius 2 is 2.12 bits per heavy atom. The highest BCUT2D eigenvalue weighted by Gasteiger charge is 2.39. The maximum absolute atomic E-state index is 14.1. The molecular weight excluding hydrogens is 466 g/mol. The molecule has 2 unspecified atom stereocenters. The molecule has 0 saturated heterocycles. The smallest absolute Gasteiger partial charge is 0.201 e. The zero-order valence-electron chi connectivity index (χ0n) is 19.4. The second-order valence-corrected chi connectivity index (χ2v) is 12.6. The number of aliphatic hydroxyl groups excluding tert-OH is 2. The van der Waals surface area contributed by atoms with Crippen LogP contribution in [-0.2, 0) is 27.1 Å². The Hall–Kier alpha value is -1.02. The SMILES string of the molecule is CCP(=O)(O)CCSCCC[C@H]1C(=O)CC(O)[C@@H]1/C=C/[C@@H](O)Cc1cc(COC)ccc1F. The summed E-state index contributed by atoms with van der Waals surface area (Å²) in [5.74, 6) is 0.316. The first-order valence-corrected chi connectivity index (χ1v) is 14.6. The molecule has 33 heavy (non-hydrogen) atoms. The molecule has 186 valence electrons. The summed E-state index contributed by atoms with van der Waals surface area (Å²) in [7, 11) is -1.44. The van der Waals surface area contributed by atoms with Crippen LogP contribution in [0.5, 0.6) is 0 Å². The van der Waals surface area contributed by atoms with Crippen molar-refractivity contribution in [3.63, 3.8) is 0 Å². The van der Waals surface area contributed by atoms with Crippen LogP contribution in [0.25, 0.3) is 0 Å². The molecule has 1 aromatic carbocycles. The van der Waals surface area contributed by atoms with Gasteiger partial charge in [0.1, 0.15) is 11.6 Å². The number of ketones is 1. The Kier molecular flexibility index (Phi) is 11.8. The van der Waals surface area contributed by atoms with Gasteiger partial charge in [-0.15, -0.1) is 0 Å². The van der Waals surface area contributed by atoms with Gasteiger partial charge in [0, 0.05) is 49.9 Å². The third-order valence-corrected chi connectivity index (χ3v) is 9.30. The lowest BCUT2D eigenvalue weighted by molar-refractivity contribution is -0.121. The number of rotatable bonds is 14. The number of carbonyl (C=O) groups excluding carboxylic acids is 1. The largest absolute Gasteiger partial charge is 0.392 e.